The van der Waals surface area contributed by atoms with Gasteiger partial charge in [0.05, 0.1) is 10.9 Å². The second kappa shape index (κ2) is 11.9. The number of carbonyl (C=O) groups excluding carboxylic acids is 1. The predicted molar refractivity (Wildman–Crippen MR) is 165 cm³/mol. The standard InChI is InChI=1S/C37H35F2O4S/c1-37(26-19-24-18-25(21-26)22-27(37)20-24)43-36(40)23-41-30-6-8-31(9-7-30)42-32-10-16-35(17-11-32)44(33-12-2-28(38)3-13-33)34-14-4-29(39)5-15-34/h2-17,24-27H,18-23H2,1H3/q+1. The quantitative estimate of drug-likeness (QED) is 0.140. The zero-order valence-electron chi connectivity index (χ0n) is 24.6. The Hall–Kier alpha value is -3.84. The number of rotatable bonds is 9. The predicted octanol–water partition coefficient (Wildman–Crippen LogP) is 8.99. The third-order valence-electron chi connectivity index (χ3n) is 9.67. The monoisotopic (exact) mass is 613 g/mol. The number of hydrogen-bond donors (Lipinski definition) is 0. The maximum atomic E-state index is 13.6. The van der Waals surface area contributed by atoms with Crippen LogP contribution >= 0.6 is 0 Å². The van der Waals surface area contributed by atoms with Crippen LogP contribution in [0.1, 0.15) is 39.0 Å². The Bertz CT molecular complexity index is 1530. The fraction of sp³-hybridized carbons (Fsp3) is 0.324. The minimum Gasteiger partial charge on any atom is -0.482 e. The molecule has 0 unspecified atom stereocenters. The highest BCUT2D eigenvalue weighted by atomic mass is 32.2. The van der Waals surface area contributed by atoms with E-state index in [-0.39, 0.29) is 29.8 Å². The van der Waals surface area contributed by atoms with Crippen molar-refractivity contribution in [2.24, 2.45) is 23.7 Å². The van der Waals surface area contributed by atoms with Gasteiger partial charge in [-0.25, -0.2) is 13.6 Å². The first kappa shape index (κ1) is 28.9. The highest BCUT2D eigenvalue weighted by molar-refractivity contribution is 7.97. The molecule has 0 spiro atoms. The van der Waals surface area contributed by atoms with Crippen molar-refractivity contribution in [3.8, 4) is 17.2 Å². The van der Waals surface area contributed by atoms with Gasteiger partial charge in [0, 0.05) is 0 Å². The molecule has 0 amide bonds. The van der Waals surface area contributed by atoms with E-state index in [1.165, 1.54) is 56.4 Å². The van der Waals surface area contributed by atoms with E-state index in [9.17, 15) is 13.6 Å². The highest BCUT2D eigenvalue weighted by Crippen LogP contribution is 2.59. The molecule has 7 heteroatoms. The Morgan fingerprint density at radius 2 is 1.07 bits per heavy atom. The molecule has 4 nitrogen and oxygen atoms in total. The summed E-state index contributed by atoms with van der Waals surface area (Å²) >= 11 is 0. The van der Waals surface area contributed by atoms with Crippen LogP contribution in [0.25, 0.3) is 0 Å². The van der Waals surface area contributed by atoms with Crippen molar-refractivity contribution in [2.75, 3.05) is 6.61 Å². The summed E-state index contributed by atoms with van der Waals surface area (Å²) in [5.74, 6) is 3.53. The van der Waals surface area contributed by atoms with Crippen LogP contribution < -0.4 is 9.47 Å². The lowest BCUT2D eigenvalue weighted by Gasteiger charge is -2.59. The maximum absolute atomic E-state index is 13.6. The average Bonchev–Trinajstić information content (AvgIpc) is 3.02. The van der Waals surface area contributed by atoms with Crippen molar-refractivity contribution in [1.82, 2.24) is 0 Å². The lowest BCUT2D eigenvalue weighted by atomic mass is 9.50. The van der Waals surface area contributed by atoms with Crippen LogP contribution in [0, 0.1) is 35.3 Å². The van der Waals surface area contributed by atoms with Crippen LogP contribution in [0.2, 0.25) is 0 Å². The molecule has 8 rings (SSSR count). The number of halogens is 2. The van der Waals surface area contributed by atoms with Crippen molar-refractivity contribution in [1.29, 1.82) is 0 Å². The van der Waals surface area contributed by atoms with Crippen molar-refractivity contribution < 1.29 is 27.8 Å². The van der Waals surface area contributed by atoms with E-state index in [1.54, 1.807) is 48.5 Å². The van der Waals surface area contributed by atoms with Gasteiger partial charge >= 0.3 is 5.97 Å². The van der Waals surface area contributed by atoms with Gasteiger partial charge in [0.1, 0.15) is 34.5 Å². The molecule has 0 radical (unpaired) electrons. The van der Waals surface area contributed by atoms with Crippen molar-refractivity contribution in [2.45, 2.75) is 59.3 Å². The molecule has 0 heterocycles. The Labute approximate surface area is 259 Å². The fourth-order valence-electron chi connectivity index (χ4n) is 7.64. The van der Waals surface area contributed by atoms with Crippen LogP contribution in [-0.4, -0.2) is 18.2 Å². The molecule has 0 saturated heterocycles. The Kier molecular flexibility index (Phi) is 7.83. The molecule has 0 aliphatic heterocycles. The molecule has 4 fully saturated rings. The number of benzene rings is 4. The minimum atomic E-state index is -0.545. The van der Waals surface area contributed by atoms with Gasteiger partial charge in [-0.2, -0.15) is 0 Å². The van der Waals surface area contributed by atoms with E-state index < -0.39 is 10.9 Å². The van der Waals surface area contributed by atoms with E-state index in [0.717, 1.165) is 26.5 Å². The summed E-state index contributed by atoms with van der Waals surface area (Å²) in [4.78, 5) is 15.7. The molecular formula is C37H35F2O4S+. The molecule has 4 aliphatic carbocycles. The molecule has 4 aliphatic rings. The number of hydrogen-bond acceptors (Lipinski definition) is 4. The maximum Gasteiger partial charge on any atom is 0.344 e. The third-order valence-corrected chi connectivity index (χ3v) is 11.9. The SMILES string of the molecule is CC1(OC(=O)COc2ccc(Oc3ccc([S+](c4ccc(F)cc4)c4ccc(F)cc4)cc3)cc2)C2CC3CC(C2)CC1C3. The molecule has 4 aromatic rings. The number of esters is 1. The largest absolute Gasteiger partial charge is 0.482 e. The lowest BCUT2D eigenvalue weighted by Crippen LogP contribution is -2.58. The summed E-state index contributed by atoms with van der Waals surface area (Å²) in [7, 11) is -0.545. The van der Waals surface area contributed by atoms with Crippen LogP contribution in [0.3, 0.4) is 0 Å². The summed E-state index contributed by atoms with van der Waals surface area (Å²) in [5.41, 5.74) is -0.361. The molecule has 0 atom stereocenters. The van der Waals surface area contributed by atoms with Gasteiger partial charge in [0.2, 0.25) is 0 Å². The topological polar surface area (TPSA) is 44.8 Å². The van der Waals surface area contributed by atoms with Gasteiger partial charge in [-0.15, -0.1) is 0 Å². The zero-order valence-corrected chi connectivity index (χ0v) is 25.4. The van der Waals surface area contributed by atoms with Crippen LogP contribution in [0.15, 0.2) is 112 Å². The second-order valence-corrected chi connectivity index (χ2v) is 14.5. The minimum absolute atomic E-state index is 0.117. The first-order valence-electron chi connectivity index (χ1n) is 15.3. The summed E-state index contributed by atoms with van der Waals surface area (Å²) in [6.07, 6.45) is 6.11. The summed E-state index contributed by atoms with van der Waals surface area (Å²) in [6.45, 7) is 2.02. The van der Waals surface area contributed by atoms with Gasteiger partial charge < -0.3 is 14.2 Å². The highest BCUT2D eigenvalue weighted by Gasteiger charge is 2.57. The third kappa shape index (κ3) is 5.94. The normalized spacial score (nSPS) is 25.2. The Morgan fingerprint density at radius 3 is 1.55 bits per heavy atom. The van der Waals surface area contributed by atoms with Crippen LogP contribution in [0.5, 0.6) is 17.2 Å². The van der Waals surface area contributed by atoms with E-state index in [0.29, 0.717) is 29.1 Å². The molecular weight excluding hydrogens is 578 g/mol. The van der Waals surface area contributed by atoms with Gasteiger partial charge in [0.15, 0.2) is 21.3 Å². The van der Waals surface area contributed by atoms with Gasteiger partial charge in [-0.05, 0) is 160 Å². The van der Waals surface area contributed by atoms with Crippen molar-refractivity contribution in [3.05, 3.63) is 109 Å². The average molecular weight is 614 g/mol. The van der Waals surface area contributed by atoms with Gasteiger partial charge in [-0.3, -0.25) is 0 Å². The van der Waals surface area contributed by atoms with Crippen LogP contribution in [-0.2, 0) is 20.4 Å². The molecule has 4 saturated carbocycles. The first-order valence-corrected chi connectivity index (χ1v) is 16.5. The van der Waals surface area contributed by atoms with Crippen LogP contribution in [0.4, 0.5) is 8.78 Å². The zero-order chi connectivity index (χ0) is 30.3. The van der Waals surface area contributed by atoms with E-state index in [4.69, 9.17) is 14.2 Å². The molecule has 0 aromatic heterocycles. The smallest absolute Gasteiger partial charge is 0.344 e. The molecule has 226 valence electrons. The van der Waals surface area contributed by atoms with Crippen molar-refractivity contribution >= 4 is 16.9 Å². The van der Waals surface area contributed by atoms with E-state index in [2.05, 4.69) is 6.92 Å². The second-order valence-electron chi connectivity index (χ2n) is 12.5. The summed E-state index contributed by atoms with van der Waals surface area (Å²) in [5, 5.41) is 0. The van der Waals surface area contributed by atoms with E-state index >= 15 is 0 Å². The summed E-state index contributed by atoms with van der Waals surface area (Å²) < 4.78 is 45.2. The molecule has 0 N–H and O–H groups in total. The van der Waals surface area contributed by atoms with Gasteiger partial charge in [-0.1, -0.05) is 0 Å². The first-order chi connectivity index (χ1) is 21.3. The lowest BCUT2D eigenvalue weighted by molar-refractivity contribution is -0.204. The van der Waals surface area contributed by atoms with Gasteiger partial charge in [0.25, 0.3) is 0 Å². The van der Waals surface area contributed by atoms with Crippen molar-refractivity contribution in [3.63, 3.8) is 0 Å². The Morgan fingerprint density at radius 1 is 0.659 bits per heavy atom. The Balaban J connectivity index is 0.967. The van der Waals surface area contributed by atoms with E-state index in [1.807, 2.05) is 24.3 Å². The number of ether oxygens (including phenoxy) is 3. The summed E-state index contributed by atoms with van der Waals surface area (Å²) in [6, 6.07) is 27.7. The molecule has 44 heavy (non-hydrogen) atoms. The molecule has 4 aromatic carbocycles. The molecule has 4 bridgehead atoms. The number of carbonyl (C=O) groups is 1. The fourth-order valence-corrected chi connectivity index (χ4v) is 9.68.